The molecule has 2 N–H and O–H groups in total. The van der Waals surface area contributed by atoms with E-state index in [1.54, 1.807) is 0 Å². The second kappa shape index (κ2) is 8.51. The van der Waals surface area contributed by atoms with E-state index in [-0.39, 0.29) is 23.7 Å². The Morgan fingerprint density at radius 2 is 2.11 bits per heavy atom. The number of halogens is 1. The van der Waals surface area contributed by atoms with Crippen LogP contribution in [0.15, 0.2) is 12.7 Å². The van der Waals surface area contributed by atoms with Gasteiger partial charge >= 0.3 is 0 Å². The standard InChI is InChI=1S/C13H24N2O2.ClH/c1-3-4-5-8-15(2)12(16)13(11-14)6-9-17-10-7-13;/h3H,1,4-11,14H2,2H3;1H. The number of rotatable bonds is 6. The molecule has 1 aliphatic heterocycles. The molecule has 0 aromatic heterocycles. The Morgan fingerprint density at radius 3 is 2.61 bits per heavy atom. The lowest BCUT2D eigenvalue weighted by molar-refractivity contribution is -0.145. The predicted octanol–water partition coefficient (Wildman–Crippen LogP) is 1.59. The highest BCUT2D eigenvalue weighted by Crippen LogP contribution is 2.31. The van der Waals surface area contributed by atoms with Crippen LogP contribution in [-0.2, 0) is 9.53 Å². The molecule has 0 aliphatic carbocycles. The normalized spacial score (nSPS) is 17.7. The summed E-state index contributed by atoms with van der Waals surface area (Å²) >= 11 is 0. The van der Waals surface area contributed by atoms with Crippen LogP contribution in [0.25, 0.3) is 0 Å². The van der Waals surface area contributed by atoms with Crippen molar-refractivity contribution in [3.05, 3.63) is 12.7 Å². The van der Waals surface area contributed by atoms with E-state index in [2.05, 4.69) is 6.58 Å². The van der Waals surface area contributed by atoms with Gasteiger partial charge in [-0.3, -0.25) is 4.79 Å². The van der Waals surface area contributed by atoms with E-state index < -0.39 is 0 Å². The molecule has 0 aromatic carbocycles. The molecule has 1 aliphatic rings. The van der Waals surface area contributed by atoms with Crippen LogP contribution in [0.5, 0.6) is 0 Å². The molecule has 1 amide bonds. The zero-order chi connectivity index (χ0) is 12.7. The first-order valence-corrected chi connectivity index (χ1v) is 6.30. The van der Waals surface area contributed by atoms with Gasteiger partial charge in [-0.25, -0.2) is 0 Å². The van der Waals surface area contributed by atoms with Crippen molar-refractivity contribution in [1.29, 1.82) is 0 Å². The number of amides is 1. The number of carbonyl (C=O) groups is 1. The van der Waals surface area contributed by atoms with Gasteiger partial charge in [0.25, 0.3) is 0 Å². The molecule has 1 rings (SSSR count). The average Bonchev–Trinajstić information content (AvgIpc) is 2.38. The van der Waals surface area contributed by atoms with Crippen LogP contribution in [0.2, 0.25) is 0 Å². The fraction of sp³-hybridized carbons (Fsp3) is 0.769. The Labute approximate surface area is 116 Å². The lowest BCUT2D eigenvalue weighted by Gasteiger charge is -2.37. The summed E-state index contributed by atoms with van der Waals surface area (Å²) in [6, 6.07) is 0. The lowest BCUT2D eigenvalue weighted by Crippen LogP contribution is -2.49. The number of hydrogen-bond donors (Lipinski definition) is 1. The highest BCUT2D eigenvalue weighted by Gasteiger charge is 2.40. The third-order valence-corrected chi connectivity index (χ3v) is 3.54. The van der Waals surface area contributed by atoms with E-state index in [4.69, 9.17) is 10.5 Å². The fourth-order valence-corrected chi connectivity index (χ4v) is 2.25. The highest BCUT2D eigenvalue weighted by molar-refractivity contribution is 5.85. The van der Waals surface area contributed by atoms with Gasteiger partial charge < -0.3 is 15.4 Å². The van der Waals surface area contributed by atoms with Gasteiger partial charge in [0.05, 0.1) is 5.41 Å². The maximum absolute atomic E-state index is 12.4. The van der Waals surface area contributed by atoms with E-state index in [0.29, 0.717) is 19.8 Å². The Balaban J connectivity index is 0.00000289. The zero-order valence-electron chi connectivity index (χ0n) is 11.2. The maximum atomic E-state index is 12.4. The molecule has 0 spiro atoms. The third kappa shape index (κ3) is 4.26. The van der Waals surface area contributed by atoms with Gasteiger partial charge in [0.2, 0.25) is 5.91 Å². The molecule has 1 heterocycles. The predicted molar refractivity (Wildman–Crippen MR) is 75.9 cm³/mol. The molecular weight excluding hydrogens is 252 g/mol. The number of carbonyl (C=O) groups excluding carboxylic acids is 1. The molecule has 5 heteroatoms. The SMILES string of the molecule is C=CCCCN(C)C(=O)C1(CN)CCOCC1.Cl. The molecule has 0 radical (unpaired) electrons. The molecule has 4 nitrogen and oxygen atoms in total. The van der Waals surface area contributed by atoms with E-state index in [9.17, 15) is 4.79 Å². The van der Waals surface area contributed by atoms with Crippen LogP contribution < -0.4 is 5.73 Å². The summed E-state index contributed by atoms with van der Waals surface area (Å²) in [6.45, 7) is 6.16. The maximum Gasteiger partial charge on any atom is 0.229 e. The van der Waals surface area contributed by atoms with Gasteiger partial charge in [-0.15, -0.1) is 19.0 Å². The topological polar surface area (TPSA) is 55.6 Å². The van der Waals surface area contributed by atoms with Crippen LogP contribution >= 0.6 is 12.4 Å². The summed E-state index contributed by atoms with van der Waals surface area (Å²) < 4.78 is 5.32. The van der Waals surface area contributed by atoms with Crippen molar-refractivity contribution in [1.82, 2.24) is 4.90 Å². The highest BCUT2D eigenvalue weighted by atomic mass is 35.5. The molecule has 0 atom stereocenters. The molecule has 18 heavy (non-hydrogen) atoms. The molecule has 1 fully saturated rings. The number of hydrogen-bond acceptors (Lipinski definition) is 3. The van der Waals surface area contributed by atoms with E-state index in [1.165, 1.54) is 0 Å². The van der Waals surface area contributed by atoms with Crippen LogP contribution in [0.4, 0.5) is 0 Å². The lowest BCUT2D eigenvalue weighted by atomic mass is 9.79. The number of nitrogens with zero attached hydrogens (tertiary/aromatic N) is 1. The monoisotopic (exact) mass is 276 g/mol. The van der Waals surface area contributed by atoms with Gasteiger partial charge in [0.1, 0.15) is 0 Å². The smallest absolute Gasteiger partial charge is 0.229 e. The molecule has 0 bridgehead atoms. The minimum Gasteiger partial charge on any atom is -0.381 e. The van der Waals surface area contributed by atoms with Gasteiger partial charge in [-0.2, -0.15) is 0 Å². The van der Waals surface area contributed by atoms with E-state index in [0.717, 1.165) is 32.2 Å². The summed E-state index contributed by atoms with van der Waals surface area (Å²) in [4.78, 5) is 14.2. The van der Waals surface area contributed by atoms with Gasteiger partial charge in [0.15, 0.2) is 0 Å². The minimum absolute atomic E-state index is 0. The van der Waals surface area contributed by atoms with Crippen LogP contribution in [0.3, 0.4) is 0 Å². The number of nitrogens with two attached hydrogens (primary N) is 1. The number of unbranched alkanes of at least 4 members (excludes halogenated alkanes) is 1. The van der Waals surface area contributed by atoms with E-state index in [1.807, 2.05) is 18.0 Å². The minimum atomic E-state index is -0.388. The number of ether oxygens (including phenoxy) is 1. The van der Waals surface area contributed by atoms with Crippen LogP contribution in [0, 0.1) is 5.41 Å². The second-order valence-corrected chi connectivity index (χ2v) is 4.75. The Kier molecular flexibility index (Phi) is 8.24. The molecule has 106 valence electrons. The summed E-state index contributed by atoms with van der Waals surface area (Å²) in [6.07, 6.45) is 5.27. The third-order valence-electron chi connectivity index (χ3n) is 3.54. The summed E-state index contributed by atoms with van der Waals surface area (Å²) in [5.41, 5.74) is 5.42. The van der Waals surface area contributed by atoms with Crippen LogP contribution in [-0.4, -0.2) is 44.2 Å². The molecule has 1 saturated heterocycles. The van der Waals surface area contributed by atoms with Crippen molar-refractivity contribution < 1.29 is 9.53 Å². The number of allylic oxidation sites excluding steroid dienone is 1. The Bertz CT molecular complexity index is 266. The van der Waals surface area contributed by atoms with Crippen molar-refractivity contribution in [2.45, 2.75) is 25.7 Å². The average molecular weight is 277 g/mol. The largest absolute Gasteiger partial charge is 0.381 e. The van der Waals surface area contributed by atoms with Crippen molar-refractivity contribution in [3.8, 4) is 0 Å². The Hall–Kier alpha value is -0.580. The van der Waals surface area contributed by atoms with Gasteiger partial charge in [-0.1, -0.05) is 6.08 Å². The summed E-state index contributed by atoms with van der Waals surface area (Å²) in [5, 5.41) is 0. The summed E-state index contributed by atoms with van der Waals surface area (Å²) in [7, 11) is 1.86. The fourth-order valence-electron chi connectivity index (χ4n) is 2.25. The quantitative estimate of drug-likeness (QED) is 0.592. The van der Waals surface area contributed by atoms with Crippen molar-refractivity contribution in [3.63, 3.8) is 0 Å². The van der Waals surface area contributed by atoms with Gasteiger partial charge in [-0.05, 0) is 25.7 Å². The molecule has 0 saturated carbocycles. The van der Waals surface area contributed by atoms with Gasteiger partial charge in [0, 0.05) is 33.4 Å². The first-order chi connectivity index (χ1) is 8.16. The molecular formula is C13H25ClN2O2. The van der Waals surface area contributed by atoms with Crippen molar-refractivity contribution in [2.24, 2.45) is 11.1 Å². The van der Waals surface area contributed by atoms with Crippen molar-refractivity contribution in [2.75, 3.05) is 33.4 Å². The molecule has 0 unspecified atom stereocenters. The first-order valence-electron chi connectivity index (χ1n) is 6.30. The Morgan fingerprint density at radius 1 is 1.50 bits per heavy atom. The molecule has 0 aromatic rings. The van der Waals surface area contributed by atoms with E-state index >= 15 is 0 Å². The zero-order valence-corrected chi connectivity index (χ0v) is 12.0. The summed E-state index contributed by atoms with van der Waals surface area (Å²) in [5.74, 6) is 0.173. The van der Waals surface area contributed by atoms with Crippen LogP contribution in [0.1, 0.15) is 25.7 Å². The van der Waals surface area contributed by atoms with Crippen molar-refractivity contribution >= 4 is 18.3 Å². The first kappa shape index (κ1) is 17.4. The second-order valence-electron chi connectivity index (χ2n) is 4.75.